The molecule has 0 bridgehead atoms. The number of nitrogens with zero attached hydrogens (tertiary/aromatic N) is 6. The fourth-order valence-corrected chi connectivity index (χ4v) is 2.71. The molecule has 0 radical (unpaired) electrons. The number of thiazole rings is 1. The summed E-state index contributed by atoms with van der Waals surface area (Å²) >= 11 is 1.66. The summed E-state index contributed by atoms with van der Waals surface area (Å²) in [5, 5.41) is 18.9. The Kier molecular flexibility index (Phi) is 3.80. The van der Waals surface area contributed by atoms with Crippen LogP contribution in [0.5, 0.6) is 0 Å². The average molecular weight is 303 g/mol. The first-order chi connectivity index (χ1) is 10.1. The Morgan fingerprint density at radius 1 is 1.29 bits per heavy atom. The Hall–Kier alpha value is -2.06. The first-order valence-electron chi connectivity index (χ1n) is 6.63. The van der Waals surface area contributed by atoms with E-state index in [1.54, 1.807) is 15.9 Å². The normalized spacial score (nSPS) is 11.4. The van der Waals surface area contributed by atoms with Gasteiger partial charge in [0.1, 0.15) is 10.8 Å². The third kappa shape index (κ3) is 3.17. The smallest absolute Gasteiger partial charge is 0.178 e. The standard InChI is InChI=1S/C13H17N7S/c1-9-16-17-12-5-4-11(18-20(9)12)14-6-13-15-10(8-21-13)7-19(2)3/h4-5,8H,6-7H2,1-3H3,(H,14,18). The second-order valence-corrected chi connectivity index (χ2v) is 6.00. The van der Waals surface area contributed by atoms with Gasteiger partial charge in [-0.05, 0) is 33.2 Å². The predicted octanol–water partition coefficient (Wildman–Crippen LogP) is 1.56. The lowest BCUT2D eigenvalue weighted by Crippen LogP contribution is -2.11. The van der Waals surface area contributed by atoms with Crippen molar-refractivity contribution in [1.29, 1.82) is 0 Å². The van der Waals surface area contributed by atoms with E-state index in [0.717, 1.165) is 34.5 Å². The minimum absolute atomic E-state index is 0.664. The van der Waals surface area contributed by atoms with Gasteiger partial charge >= 0.3 is 0 Å². The molecule has 0 atom stereocenters. The lowest BCUT2D eigenvalue weighted by atomic mass is 10.4. The highest BCUT2D eigenvalue weighted by Gasteiger charge is 2.06. The summed E-state index contributed by atoms with van der Waals surface area (Å²) in [6.07, 6.45) is 0. The molecule has 3 aromatic heterocycles. The zero-order valence-electron chi connectivity index (χ0n) is 12.2. The van der Waals surface area contributed by atoms with E-state index in [9.17, 15) is 0 Å². The van der Waals surface area contributed by atoms with Gasteiger partial charge in [0.05, 0.1) is 12.2 Å². The number of rotatable bonds is 5. The van der Waals surface area contributed by atoms with E-state index in [0.29, 0.717) is 6.54 Å². The fourth-order valence-electron chi connectivity index (χ4n) is 1.98. The molecule has 0 saturated carbocycles. The maximum atomic E-state index is 4.59. The van der Waals surface area contributed by atoms with Crippen LogP contribution in [0.4, 0.5) is 5.82 Å². The topological polar surface area (TPSA) is 71.2 Å². The van der Waals surface area contributed by atoms with Crippen LogP contribution in [0.2, 0.25) is 0 Å². The van der Waals surface area contributed by atoms with Crippen LogP contribution in [0.25, 0.3) is 5.65 Å². The molecule has 1 N–H and O–H groups in total. The largest absolute Gasteiger partial charge is 0.362 e. The van der Waals surface area contributed by atoms with Gasteiger partial charge < -0.3 is 10.2 Å². The Morgan fingerprint density at radius 3 is 2.95 bits per heavy atom. The summed E-state index contributed by atoms with van der Waals surface area (Å²) in [6, 6.07) is 3.80. The summed E-state index contributed by atoms with van der Waals surface area (Å²) < 4.78 is 1.72. The quantitative estimate of drug-likeness (QED) is 0.771. The molecule has 3 heterocycles. The number of hydrogen-bond donors (Lipinski definition) is 1. The van der Waals surface area contributed by atoms with Crippen molar-refractivity contribution >= 4 is 22.8 Å². The Morgan fingerprint density at radius 2 is 2.14 bits per heavy atom. The highest BCUT2D eigenvalue weighted by atomic mass is 32.1. The number of nitrogens with one attached hydrogen (secondary N) is 1. The van der Waals surface area contributed by atoms with Gasteiger partial charge in [0.15, 0.2) is 11.5 Å². The molecule has 21 heavy (non-hydrogen) atoms. The van der Waals surface area contributed by atoms with Crippen molar-refractivity contribution in [2.75, 3.05) is 19.4 Å². The Balaban J connectivity index is 1.68. The van der Waals surface area contributed by atoms with Crippen LogP contribution in [0.15, 0.2) is 17.5 Å². The van der Waals surface area contributed by atoms with Crippen molar-refractivity contribution in [1.82, 2.24) is 29.7 Å². The molecular formula is C13H17N7S. The minimum Gasteiger partial charge on any atom is -0.362 e. The van der Waals surface area contributed by atoms with Crippen LogP contribution in [0.1, 0.15) is 16.5 Å². The third-order valence-corrected chi connectivity index (χ3v) is 3.81. The van der Waals surface area contributed by atoms with E-state index in [-0.39, 0.29) is 0 Å². The lowest BCUT2D eigenvalue weighted by Gasteiger charge is -2.06. The average Bonchev–Trinajstić information content (AvgIpc) is 3.03. The second kappa shape index (κ2) is 5.74. The van der Waals surface area contributed by atoms with Crippen molar-refractivity contribution in [3.05, 3.63) is 34.0 Å². The van der Waals surface area contributed by atoms with E-state index in [4.69, 9.17) is 0 Å². The van der Waals surface area contributed by atoms with Crippen LogP contribution in [-0.4, -0.2) is 43.8 Å². The zero-order chi connectivity index (χ0) is 14.8. The van der Waals surface area contributed by atoms with Crippen molar-refractivity contribution in [2.24, 2.45) is 0 Å². The SMILES string of the molecule is Cc1nnc2ccc(NCc3nc(CN(C)C)cs3)nn12. The zero-order valence-corrected chi connectivity index (χ0v) is 13.1. The second-order valence-electron chi connectivity index (χ2n) is 5.06. The third-order valence-electron chi connectivity index (χ3n) is 2.92. The monoisotopic (exact) mass is 303 g/mol. The molecule has 110 valence electrons. The van der Waals surface area contributed by atoms with Gasteiger partial charge in [-0.3, -0.25) is 0 Å². The maximum absolute atomic E-state index is 4.59. The molecule has 0 unspecified atom stereocenters. The molecule has 3 rings (SSSR count). The molecule has 0 amide bonds. The first-order valence-corrected chi connectivity index (χ1v) is 7.51. The molecule has 0 aliphatic rings. The molecule has 7 nitrogen and oxygen atoms in total. The Bertz CT molecular complexity index is 746. The Labute approximate surface area is 126 Å². The van der Waals surface area contributed by atoms with Gasteiger partial charge in [-0.25, -0.2) is 4.98 Å². The lowest BCUT2D eigenvalue weighted by molar-refractivity contribution is 0.397. The van der Waals surface area contributed by atoms with E-state index < -0.39 is 0 Å². The van der Waals surface area contributed by atoms with Crippen LogP contribution < -0.4 is 5.32 Å². The summed E-state index contributed by atoms with van der Waals surface area (Å²) in [4.78, 5) is 6.70. The van der Waals surface area contributed by atoms with Crippen LogP contribution >= 0.6 is 11.3 Å². The summed E-state index contributed by atoms with van der Waals surface area (Å²) in [7, 11) is 4.08. The van der Waals surface area contributed by atoms with E-state index in [1.807, 2.05) is 33.2 Å². The highest BCUT2D eigenvalue weighted by Crippen LogP contribution is 2.13. The van der Waals surface area contributed by atoms with Gasteiger partial charge in [0.2, 0.25) is 0 Å². The fraction of sp³-hybridized carbons (Fsp3) is 0.385. The number of anilines is 1. The number of aromatic nitrogens is 5. The van der Waals surface area contributed by atoms with Gasteiger partial charge in [0, 0.05) is 11.9 Å². The molecule has 0 aliphatic heterocycles. The van der Waals surface area contributed by atoms with Crippen LogP contribution in [-0.2, 0) is 13.1 Å². The van der Waals surface area contributed by atoms with Gasteiger partial charge in [0.25, 0.3) is 0 Å². The van der Waals surface area contributed by atoms with Crippen LogP contribution in [0, 0.1) is 6.92 Å². The van der Waals surface area contributed by atoms with E-state index in [2.05, 4.69) is 35.9 Å². The van der Waals surface area contributed by atoms with E-state index in [1.165, 1.54) is 0 Å². The summed E-state index contributed by atoms with van der Waals surface area (Å²) in [6.45, 7) is 3.41. The van der Waals surface area contributed by atoms with Gasteiger partial charge in [-0.2, -0.15) is 4.52 Å². The maximum Gasteiger partial charge on any atom is 0.178 e. The molecule has 0 spiro atoms. The molecule has 3 aromatic rings. The molecule has 0 aliphatic carbocycles. The minimum atomic E-state index is 0.664. The number of hydrogen-bond acceptors (Lipinski definition) is 7. The molecular weight excluding hydrogens is 286 g/mol. The molecule has 0 aromatic carbocycles. The molecule has 0 saturated heterocycles. The number of fused-ring (bicyclic) bond motifs is 1. The van der Waals surface area contributed by atoms with Crippen molar-refractivity contribution < 1.29 is 0 Å². The van der Waals surface area contributed by atoms with Gasteiger partial charge in [-0.15, -0.1) is 26.6 Å². The molecule has 0 fully saturated rings. The summed E-state index contributed by atoms with van der Waals surface area (Å²) in [5.41, 5.74) is 1.85. The molecule has 8 heteroatoms. The first kappa shape index (κ1) is 13.9. The van der Waals surface area contributed by atoms with Crippen molar-refractivity contribution in [3.8, 4) is 0 Å². The van der Waals surface area contributed by atoms with Gasteiger partial charge in [-0.1, -0.05) is 0 Å². The highest BCUT2D eigenvalue weighted by molar-refractivity contribution is 7.09. The van der Waals surface area contributed by atoms with Crippen molar-refractivity contribution in [3.63, 3.8) is 0 Å². The predicted molar refractivity (Wildman–Crippen MR) is 82.4 cm³/mol. The van der Waals surface area contributed by atoms with Crippen molar-refractivity contribution in [2.45, 2.75) is 20.0 Å². The number of aryl methyl sites for hydroxylation is 1. The van der Waals surface area contributed by atoms with Crippen LogP contribution in [0.3, 0.4) is 0 Å². The summed E-state index contributed by atoms with van der Waals surface area (Å²) in [5.74, 6) is 1.56. The van der Waals surface area contributed by atoms with E-state index >= 15 is 0 Å².